The van der Waals surface area contributed by atoms with Crippen molar-refractivity contribution < 1.29 is 14.7 Å². The van der Waals surface area contributed by atoms with Crippen molar-refractivity contribution in [2.75, 3.05) is 10.6 Å². The lowest BCUT2D eigenvalue weighted by molar-refractivity contribution is -0.138. The van der Waals surface area contributed by atoms with Gasteiger partial charge in [0.05, 0.1) is 18.2 Å². The monoisotopic (exact) mass is 469 g/mol. The second-order valence-corrected chi connectivity index (χ2v) is 8.08. The fourth-order valence-corrected chi connectivity index (χ4v) is 3.43. The molecule has 35 heavy (non-hydrogen) atoms. The molecule has 5 rings (SSSR count). The van der Waals surface area contributed by atoms with E-state index in [1.54, 1.807) is 27.7 Å². The average molecular weight is 470 g/mol. The summed E-state index contributed by atoms with van der Waals surface area (Å²) in [5.74, 6) is -0.485. The van der Waals surface area contributed by atoms with Gasteiger partial charge in [-0.25, -0.2) is 9.50 Å². The quantitative estimate of drug-likeness (QED) is 0.452. The van der Waals surface area contributed by atoms with E-state index in [9.17, 15) is 9.59 Å². The smallest absolute Gasteiger partial charge is 0.306 e. The topological polar surface area (TPSA) is 150 Å². The molecule has 0 unspecified atom stereocenters. The molecule has 3 heterocycles. The normalized spacial score (nSPS) is 12.3. The van der Waals surface area contributed by atoms with E-state index in [1.165, 1.54) is 6.92 Å². The molecule has 0 atom stereocenters. The van der Waals surface area contributed by atoms with Gasteiger partial charge in [0.2, 0.25) is 11.9 Å². The first-order valence-electron chi connectivity index (χ1n) is 10.9. The number of nitrogen functional groups attached to an aromatic ring is 1. The van der Waals surface area contributed by atoms with E-state index in [-0.39, 0.29) is 17.8 Å². The van der Waals surface area contributed by atoms with E-state index >= 15 is 0 Å². The summed E-state index contributed by atoms with van der Waals surface area (Å²) in [5.41, 5.74) is 10.1. The summed E-state index contributed by atoms with van der Waals surface area (Å²) >= 11 is 0. The van der Waals surface area contributed by atoms with Gasteiger partial charge in [0, 0.05) is 24.4 Å². The molecule has 0 saturated heterocycles. The molecule has 0 bridgehead atoms. The molecule has 0 radical (unpaired) electrons. The lowest BCUT2D eigenvalue weighted by Crippen LogP contribution is -2.27. The number of aliphatic carboxylic acids is 1. The van der Waals surface area contributed by atoms with Crippen LogP contribution in [0.2, 0.25) is 0 Å². The number of aromatic nitrogens is 4. The number of fused-ring (bicyclic) bond motifs is 1. The van der Waals surface area contributed by atoms with Gasteiger partial charge >= 0.3 is 5.97 Å². The molecule has 1 fully saturated rings. The Bertz CT molecular complexity index is 1400. The molecule has 4 aromatic rings. The van der Waals surface area contributed by atoms with Gasteiger partial charge in [0.25, 0.3) is 0 Å². The van der Waals surface area contributed by atoms with Gasteiger partial charge in [-0.05, 0) is 48.7 Å². The molecule has 1 saturated carbocycles. The van der Waals surface area contributed by atoms with Crippen molar-refractivity contribution in [3.05, 3.63) is 72.1 Å². The molecule has 176 valence electrons. The number of benzene rings is 1. The average Bonchev–Trinajstić information content (AvgIpc) is 3.64. The Morgan fingerprint density at radius 1 is 1.17 bits per heavy atom. The zero-order valence-corrected chi connectivity index (χ0v) is 19.0. The van der Waals surface area contributed by atoms with Crippen LogP contribution in [0.15, 0.2) is 60.8 Å². The summed E-state index contributed by atoms with van der Waals surface area (Å²) in [4.78, 5) is 31.9. The molecular formula is C25H23N7O3. The fraction of sp³-hybridized carbons (Fsp3) is 0.200. The van der Waals surface area contributed by atoms with Gasteiger partial charge in [-0.3, -0.25) is 9.59 Å². The van der Waals surface area contributed by atoms with Gasteiger partial charge < -0.3 is 15.7 Å². The van der Waals surface area contributed by atoms with Crippen LogP contribution in [0.5, 0.6) is 0 Å². The Labute approximate surface area is 201 Å². The van der Waals surface area contributed by atoms with Crippen molar-refractivity contribution in [2.45, 2.75) is 26.3 Å². The lowest BCUT2D eigenvalue weighted by Gasteiger charge is -2.21. The first-order chi connectivity index (χ1) is 16.9. The molecule has 1 aromatic carbocycles. The molecule has 0 aliphatic heterocycles. The van der Waals surface area contributed by atoms with Gasteiger partial charge in [-0.1, -0.05) is 24.3 Å². The highest BCUT2D eigenvalue weighted by Gasteiger charge is 2.28. The highest BCUT2D eigenvalue weighted by Crippen LogP contribution is 2.28. The summed E-state index contributed by atoms with van der Waals surface area (Å²) < 4.78 is 1.69. The molecule has 3 N–H and O–H groups in total. The van der Waals surface area contributed by atoms with Crippen molar-refractivity contribution in [3.63, 3.8) is 0 Å². The molecule has 10 heteroatoms. The minimum atomic E-state index is -0.630. The number of nitrogens with two attached hydrogens (primary N) is 1. The van der Waals surface area contributed by atoms with Crippen molar-refractivity contribution >= 4 is 29.2 Å². The lowest BCUT2D eigenvalue weighted by atomic mass is 10.1. The SMILES string of the molecule is CC(=O)N(Cc1ccc(C#N)nc1)c1ccc(-c2cccc3nc(N)nn23)cc1.O=C(O)C1CC1. The maximum atomic E-state index is 12.2. The minimum absolute atomic E-state index is 0.0185. The summed E-state index contributed by atoms with van der Waals surface area (Å²) in [5, 5.41) is 21.2. The van der Waals surface area contributed by atoms with Crippen LogP contribution in [-0.4, -0.2) is 36.6 Å². The van der Waals surface area contributed by atoms with Gasteiger partial charge in [-0.15, -0.1) is 5.10 Å². The van der Waals surface area contributed by atoms with E-state index in [2.05, 4.69) is 15.1 Å². The number of rotatable bonds is 5. The summed E-state index contributed by atoms with van der Waals surface area (Å²) in [6, 6.07) is 18.7. The first kappa shape index (κ1) is 23.4. The van der Waals surface area contributed by atoms with Gasteiger partial charge in [-0.2, -0.15) is 10.2 Å². The molecule has 3 aromatic heterocycles. The number of nitriles is 1. The third kappa shape index (κ3) is 5.59. The van der Waals surface area contributed by atoms with E-state index in [0.29, 0.717) is 17.9 Å². The highest BCUT2D eigenvalue weighted by molar-refractivity contribution is 5.91. The maximum absolute atomic E-state index is 12.2. The summed E-state index contributed by atoms with van der Waals surface area (Å²) in [6.07, 6.45) is 3.41. The zero-order valence-electron chi connectivity index (χ0n) is 19.0. The van der Waals surface area contributed by atoms with Crippen LogP contribution >= 0.6 is 0 Å². The van der Waals surface area contributed by atoms with Crippen molar-refractivity contribution in [1.82, 2.24) is 19.6 Å². The molecule has 1 aliphatic rings. The standard InChI is InChI=1S/C21H17N7O.C4H6O2/c1-14(29)27(13-15-5-8-17(11-22)24-12-15)18-9-6-16(7-10-18)19-3-2-4-20-25-21(23)26-28(19)20;5-4(6)3-1-2-3/h2-10,12H,13H2,1H3,(H2,23,26);3H,1-2H2,(H,5,6). The number of amides is 1. The Hall–Kier alpha value is -4.78. The van der Waals surface area contributed by atoms with Gasteiger partial charge in [0.1, 0.15) is 11.8 Å². The van der Waals surface area contributed by atoms with E-state index in [1.807, 2.05) is 48.5 Å². The second kappa shape index (κ2) is 10.0. The number of carbonyl (C=O) groups excluding carboxylic acids is 1. The first-order valence-corrected chi connectivity index (χ1v) is 10.9. The van der Waals surface area contributed by atoms with Crippen LogP contribution in [0.25, 0.3) is 16.9 Å². The largest absolute Gasteiger partial charge is 0.481 e. The predicted molar refractivity (Wildman–Crippen MR) is 129 cm³/mol. The Balaban J connectivity index is 0.000000421. The number of carboxylic acid groups (broad SMARTS) is 1. The van der Waals surface area contributed by atoms with Crippen LogP contribution in [0, 0.1) is 17.2 Å². The van der Waals surface area contributed by atoms with Crippen molar-refractivity contribution in [3.8, 4) is 17.3 Å². The number of anilines is 2. The molecule has 1 amide bonds. The number of hydrogen-bond acceptors (Lipinski definition) is 7. The number of pyridine rings is 2. The Morgan fingerprint density at radius 2 is 1.91 bits per heavy atom. The third-order valence-corrected chi connectivity index (χ3v) is 5.44. The number of hydrogen-bond donors (Lipinski definition) is 2. The molecule has 10 nitrogen and oxygen atoms in total. The Kier molecular flexibility index (Phi) is 6.69. The van der Waals surface area contributed by atoms with E-state index in [0.717, 1.165) is 35.3 Å². The number of nitrogens with zero attached hydrogens (tertiary/aromatic N) is 6. The molecule has 1 aliphatic carbocycles. The van der Waals surface area contributed by atoms with Gasteiger partial charge in [0.15, 0.2) is 5.65 Å². The van der Waals surface area contributed by atoms with Crippen LogP contribution in [0.3, 0.4) is 0 Å². The van der Waals surface area contributed by atoms with E-state index < -0.39 is 5.97 Å². The summed E-state index contributed by atoms with van der Waals surface area (Å²) in [6.45, 7) is 1.88. The van der Waals surface area contributed by atoms with Crippen LogP contribution in [0.1, 0.15) is 31.0 Å². The highest BCUT2D eigenvalue weighted by atomic mass is 16.4. The van der Waals surface area contributed by atoms with Crippen LogP contribution in [-0.2, 0) is 16.1 Å². The van der Waals surface area contributed by atoms with Crippen molar-refractivity contribution in [1.29, 1.82) is 5.26 Å². The predicted octanol–water partition coefficient (Wildman–Crippen LogP) is 3.28. The van der Waals surface area contributed by atoms with Crippen LogP contribution < -0.4 is 10.6 Å². The number of carbonyl (C=O) groups is 2. The molecule has 0 spiro atoms. The minimum Gasteiger partial charge on any atom is -0.481 e. The zero-order chi connectivity index (χ0) is 24.9. The number of carboxylic acids is 1. The van der Waals surface area contributed by atoms with Crippen molar-refractivity contribution in [2.24, 2.45) is 5.92 Å². The molecular weight excluding hydrogens is 446 g/mol. The second-order valence-electron chi connectivity index (χ2n) is 8.08. The fourth-order valence-electron chi connectivity index (χ4n) is 3.43. The van der Waals surface area contributed by atoms with Crippen LogP contribution in [0.4, 0.5) is 11.6 Å². The summed E-state index contributed by atoms with van der Waals surface area (Å²) in [7, 11) is 0. The Morgan fingerprint density at radius 3 is 2.46 bits per heavy atom. The van der Waals surface area contributed by atoms with E-state index in [4.69, 9.17) is 16.1 Å². The third-order valence-electron chi connectivity index (χ3n) is 5.44. The maximum Gasteiger partial charge on any atom is 0.306 e.